The van der Waals surface area contributed by atoms with Gasteiger partial charge in [0.15, 0.2) is 0 Å². The van der Waals surface area contributed by atoms with Crippen LogP contribution < -0.4 is 0 Å². The molecule has 2 rings (SSSR count). The Balaban J connectivity index is 2.34. The summed E-state index contributed by atoms with van der Waals surface area (Å²) in [4.78, 5) is 4.21. The van der Waals surface area contributed by atoms with Crippen LogP contribution in [0.5, 0.6) is 0 Å². The van der Waals surface area contributed by atoms with Gasteiger partial charge in [0.1, 0.15) is 0 Å². The number of hydrogen-bond acceptors (Lipinski definition) is 2. The van der Waals surface area contributed by atoms with E-state index in [1.165, 1.54) is 0 Å². The van der Waals surface area contributed by atoms with Gasteiger partial charge in [-0.15, -0.1) is 0 Å². The zero-order chi connectivity index (χ0) is 12.3. The zero-order valence-electron chi connectivity index (χ0n) is 10.4. The van der Waals surface area contributed by atoms with Crippen LogP contribution in [0.25, 0.3) is 10.8 Å². The van der Waals surface area contributed by atoms with Gasteiger partial charge in [-0.05, 0) is 17.7 Å². The van der Waals surface area contributed by atoms with E-state index in [1.807, 2.05) is 30.5 Å². The summed E-state index contributed by atoms with van der Waals surface area (Å²) in [6, 6.07) is 8.07. The Kier molecular flexibility index (Phi) is 3.75. The number of nitrogens with zero attached hydrogens (tertiary/aromatic N) is 1. The van der Waals surface area contributed by atoms with E-state index in [0.717, 1.165) is 29.2 Å². The number of aromatic nitrogens is 1. The smallest absolute Gasteiger partial charge is 0.0813 e. The lowest BCUT2D eigenvalue weighted by Crippen LogP contribution is -2.04. The molecule has 0 spiro atoms. The van der Waals surface area contributed by atoms with Crippen molar-refractivity contribution in [3.8, 4) is 0 Å². The second kappa shape index (κ2) is 5.28. The summed E-state index contributed by atoms with van der Waals surface area (Å²) in [6.07, 6.45) is 5.11. The van der Waals surface area contributed by atoms with Gasteiger partial charge >= 0.3 is 0 Å². The van der Waals surface area contributed by atoms with Crippen molar-refractivity contribution in [2.75, 3.05) is 0 Å². The Morgan fingerprint density at radius 2 is 2.00 bits per heavy atom. The number of hydrogen-bond donors (Lipinski definition) is 1. The van der Waals surface area contributed by atoms with Crippen LogP contribution in [-0.4, -0.2) is 10.1 Å². The van der Waals surface area contributed by atoms with Crippen molar-refractivity contribution >= 4 is 10.8 Å². The van der Waals surface area contributed by atoms with Crippen LogP contribution in [0.4, 0.5) is 0 Å². The second-order valence-electron chi connectivity index (χ2n) is 4.71. The lowest BCUT2D eigenvalue weighted by molar-refractivity contribution is 0.147. The molecule has 0 aliphatic rings. The van der Waals surface area contributed by atoms with Crippen LogP contribution in [0.15, 0.2) is 36.7 Å². The van der Waals surface area contributed by atoms with Crippen molar-refractivity contribution in [1.29, 1.82) is 0 Å². The molecular formula is C15H19NO. The molecule has 2 atom stereocenters. The Bertz CT molecular complexity index is 490. The topological polar surface area (TPSA) is 33.1 Å². The first-order chi connectivity index (χ1) is 8.22. The molecule has 0 saturated carbocycles. The number of aliphatic hydroxyl groups excluding tert-OH is 1. The molecule has 0 bridgehead atoms. The minimum absolute atomic E-state index is 0.413. The van der Waals surface area contributed by atoms with E-state index in [9.17, 15) is 5.11 Å². The minimum Gasteiger partial charge on any atom is -0.388 e. The van der Waals surface area contributed by atoms with Crippen LogP contribution >= 0.6 is 0 Å². The number of fused-ring (bicyclic) bond motifs is 1. The largest absolute Gasteiger partial charge is 0.388 e. The number of rotatable bonds is 4. The molecule has 0 fully saturated rings. The first-order valence-corrected chi connectivity index (χ1v) is 6.23. The first-order valence-electron chi connectivity index (χ1n) is 6.23. The van der Waals surface area contributed by atoms with Crippen LogP contribution in [0.1, 0.15) is 38.4 Å². The van der Waals surface area contributed by atoms with Gasteiger partial charge < -0.3 is 5.11 Å². The maximum Gasteiger partial charge on any atom is 0.0813 e. The number of pyridine rings is 1. The van der Waals surface area contributed by atoms with Gasteiger partial charge in [-0.1, -0.05) is 44.5 Å². The van der Waals surface area contributed by atoms with Gasteiger partial charge in [0.2, 0.25) is 0 Å². The molecule has 1 N–H and O–H groups in total. The third-order valence-corrected chi connectivity index (χ3v) is 3.38. The molecule has 2 aromatic rings. The van der Waals surface area contributed by atoms with E-state index in [4.69, 9.17) is 0 Å². The van der Waals surface area contributed by atoms with E-state index in [1.54, 1.807) is 6.20 Å². The molecular weight excluding hydrogens is 210 g/mol. The average molecular weight is 229 g/mol. The number of aliphatic hydroxyl groups is 1. The van der Waals surface area contributed by atoms with Crippen molar-refractivity contribution in [3.05, 3.63) is 42.2 Å². The van der Waals surface area contributed by atoms with Gasteiger partial charge in [0, 0.05) is 23.3 Å². The lowest BCUT2D eigenvalue weighted by Gasteiger charge is -2.16. The van der Waals surface area contributed by atoms with Gasteiger partial charge in [-0.3, -0.25) is 4.98 Å². The predicted molar refractivity (Wildman–Crippen MR) is 70.8 cm³/mol. The normalized spacial score (nSPS) is 14.8. The maximum atomic E-state index is 10.3. The van der Waals surface area contributed by atoms with Gasteiger partial charge in [-0.2, -0.15) is 0 Å². The van der Waals surface area contributed by atoms with Crippen molar-refractivity contribution in [3.63, 3.8) is 0 Å². The molecule has 2 unspecified atom stereocenters. The molecule has 2 heteroatoms. The summed E-state index contributed by atoms with van der Waals surface area (Å²) >= 11 is 0. The highest BCUT2D eigenvalue weighted by Gasteiger charge is 2.14. The van der Waals surface area contributed by atoms with Gasteiger partial charge in [0.05, 0.1) is 6.10 Å². The summed E-state index contributed by atoms with van der Waals surface area (Å²) in [5, 5.41) is 12.5. The molecule has 17 heavy (non-hydrogen) atoms. The molecule has 1 heterocycles. The molecule has 0 aliphatic heterocycles. The molecule has 2 nitrogen and oxygen atoms in total. The first kappa shape index (κ1) is 12.1. The SMILES string of the molecule is CCC(C)CC(O)c1cncc2ccccc12. The van der Waals surface area contributed by atoms with E-state index < -0.39 is 6.10 Å². The summed E-state index contributed by atoms with van der Waals surface area (Å²) in [7, 11) is 0. The fourth-order valence-electron chi connectivity index (χ4n) is 2.08. The summed E-state index contributed by atoms with van der Waals surface area (Å²) in [6.45, 7) is 4.32. The fraction of sp³-hybridized carbons (Fsp3) is 0.400. The van der Waals surface area contributed by atoms with Crippen LogP contribution in [0.3, 0.4) is 0 Å². The fourth-order valence-corrected chi connectivity index (χ4v) is 2.08. The van der Waals surface area contributed by atoms with E-state index >= 15 is 0 Å². The Morgan fingerprint density at radius 3 is 2.76 bits per heavy atom. The van der Waals surface area contributed by atoms with Crippen molar-refractivity contribution in [1.82, 2.24) is 4.98 Å². The van der Waals surface area contributed by atoms with Crippen molar-refractivity contribution in [2.24, 2.45) is 5.92 Å². The van der Waals surface area contributed by atoms with E-state index in [2.05, 4.69) is 18.8 Å². The highest BCUT2D eigenvalue weighted by atomic mass is 16.3. The third kappa shape index (κ3) is 2.64. The molecule has 0 radical (unpaired) electrons. The zero-order valence-corrected chi connectivity index (χ0v) is 10.4. The average Bonchev–Trinajstić information content (AvgIpc) is 2.37. The lowest BCUT2D eigenvalue weighted by atomic mass is 9.94. The minimum atomic E-state index is -0.413. The molecule has 1 aromatic heterocycles. The summed E-state index contributed by atoms with van der Waals surface area (Å²) in [5.74, 6) is 0.531. The Hall–Kier alpha value is -1.41. The van der Waals surface area contributed by atoms with Gasteiger partial charge in [0.25, 0.3) is 0 Å². The van der Waals surface area contributed by atoms with Crippen LogP contribution in [0.2, 0.25) is 0 Å². The van der Waals surface area contributed by atoms with Crippen molar-refractivity contribution in [2.45, 2.75) is 32.8 Å². The summed E-state index contributed by atoms with van der Waals surface area (Å²) in [5.41, 5.74) is 0.948. The number of benzene rings is 1. The molecule has 0 amide bonds. The standard InChI is InChI=1S/C15H19NO/c1-3-11(2)8-15(17)14-10-16-9-12-6-4-5-7-13(12)14/h4-7,9-11,15,17H,3,8H2,1-2H3. The van der Waals surface area contributed by atoms with Gasteiger partial charge in [-0.25, -0.2) is 0 Å². The summed E-state index contributed by atoms with van der Waals surface area (Å²) < 4.78 is 0. The Morgan fingerprint density at radius 1 is 1.24 bits per heavy atom. The van der Waals surface area contributed by atoms with Crippen LogP contribution in [0, 0.1) is 5.92 Å². The van der Waals surface area contributed by atoms with E-state index in [-0.39, 0.29) is 0 Å². The third-order valence-electron chi connectivity index (χ3n) is 3.38. The predicted octanol–water partition coefficient (Wildman–Crippen LogP) is 3.70. The monoisotopic (exact) mass is 229 g/mol. The Labute approximate surface area is 102 Å². The molecule has 1 aromatic carbocycles. The quantitative estimate of drug-likeness (QED) is 0.867. The van der Waals surface area contributed by atoms with Crippen LogP contribution in [-0.2, 0) is 0 Å². The highest BCUT2D eigenvalue weighted by molar-refractivity contribution is 5.84. The molecule has 0 aliphatic carbocycles. The second-order valence-corrected chi connectivity index (χ2v) is 4.71. The highest BCUT2D eigenvalue weighted by Crippen LogP contribution is 2.28. The molecule has 90 valence electrons. The van der Waals surface area contributed by atoms with E-state index in [0.29, 0.717) is 5.92 Å². The van der Waals surface area contributed by atoms with Crippen molar-refractivity contribution < 1.29 is 5.11 Å². The maximum absolute atomic E-state index is 10.3. The molecule has 0 saturated heterocycles.